The maximum Gasteiger partial charge on any atom is 0.339 e. The molecule has 0 spiro atoms. The first kappa shape index (κ1) is 93.6. The summed E-state index contributed by atoms with van der Waals surface area (Å²) >= 11 is 0. The van der Waals surface area contributed by atoms with Crippen molar-refractivity contribution in [1.29, 1.82) is 0 Å². The van der Waals surface area contributed by atoms with E-state index in [-0.39, 0.29) is 149 Å². The molecule has 30 heteroatoms. The zero-order valence-corrected chi connectivity index (χ0v) is 62.0. The van der Waals surface area contributed by atoms with Crippen molar-refractivity contribution >= 4 is 92.0 Å². The third-order valence-electron chi connectivity index (χ3n) is 19.1. The van der Waals surface area contributed by atoms with Crippen LogP contribution in [0.1, 0.15) is 162 Å². The summed E-state index contributed by atoms with van der Waals surface area (Å²) in [5.74, 6) is -10.0. The van der Waals surface area contributed by atoms with E-state index >= 15 is 0 Å². The van der Waals surface area contributed by atoms with E-state index < -0.39 is 93.2 Å². The van der Waals surface area contributed by atoms with Crippen LogP contribution in [0.5, 0.6) is 0 Å². The number of fused-ring (bicyclic) bond motifs is 3. The number of rotatable bonds is 36. The van der Waals surface area contributed by atoms with Gasteiger partial charge < -0.3 is 100 Å². The van der Waals surface area contributed by atoms with Crippen LogP contribution in [0.3, 0.4) is 0 Å². The number of carbonyl (C=O) groups excluding carboxylic acids is 5. The lowest BCUT2D eigenvalue weighted by Gasteiger charge is -2.27. The molecule has 0 radical (unpaired) electrons. The van der Waals surface area contributed by atoms with Crippen LogP contribution in [0.4, 0.5) is 0 Å². The molecule has 0 bridgehead atoms. The number of aliphatic carboxylic acids is 1. The highest BCUT2D eigenvalue weighted by atomic mass is 16.6. The average Bonchev–Trinajstić information content (AvgIpc) is 0.770. The van der Waals surface area contributed by atoms with Crippen LogP contribution in [0.15, 0.2) is 140 Å². The van der Waals surface area contributed by atoms with E-state index in [0.29, 0.717) is 48.4 Å². The van der Waals surface area contributed by atoms with Gasteiger partial charge in [-0.1, -0.05) is 114 Å². The number of aliphatic hydroxyl groups is 10. The molecule has 0 heterocycles. The molecule has 0 amide bonds. The minimum Gasteiger partial charge on any atom is -0.478 e. The van der Waals surface area contributed by atoms with E-state index in [9.17, 15) is 104 Å². The molecule has 110 heavy (non-hydrogen) atoms. The quantitative estimate of drug-likeness (QED) is 0.00787. The number of hydrogen-bond donors (Lipinski definition) is 15. The Bertz CT molecular complexity index is 4250. The molecule has 7 aromatic rings. The van der Waals surface area contributed by atoms with Crippen LogP contribution in [-0.2, 0) is 33.3 Å². The Kier molecular flexibility index (Phi) is 38.1. The third-order valence-corrected chi connectivity index (χ3v) is 19.1. The van der Waals surface area contributed by atoms with Crippen LogP contribution < -0.4 is 0 Å². The topological polar surface area (TPSA) is 520 Å². The molecule has 0 atom stereocenters. The van der Waals surface area contributed by atoms with Gasteiger partial charge in [0.2, 0.25) is 0 Å². The van der Waals surface area contributed by atoms with E-state index in [1.165, 1.54) is 54.6 Å². The lowest BCUT2D eigenvalue weighted by atomic mass is 9.88. The molecule has 0 aliphatic heterocycles. The second-order valence-corrected chi connectivity index (χ2v) is 26.4. The van der Waals surface area contributed by atoms with Gasteiger partial charge >= 0.3 is 59.7 Å². The standard InChI is InChI=1S/C22H22O6.C18H20O6.C15H20O6.C14H18O6.C11H18O6/c1-2-22(11-23,12-24)13-28-21(27)19-10-17-8-15-6-4-3-5-14(15)7-16(17)9-18(19)20(25)26;1-2-18(9-19,10-20)11-24-17(23)15-8-13-6-4-3-5-12(13)7-14(15)16(21)22;1-3-15(7-16,8-17)9-21-14(20)11-6-4-5-10(2)12(11)13(18)19;1-2-14(7-15,8-16)9-20-13(19)11-6-4-3-5-10(11)12(17)18;1-3-11(5-12,6-13)7-17-9(14)4-8(2)10(15)16/h3-10,23-24H,2,11-13H2,1H3,(H,25,26);3-8,19-20H,2,9-11H2,1H3,(H,21,22);4-6,16-17H,3,7-9H2,1-2H3,(H,18,19);3-6,15-16H,2,7-9H2,1H3,(H,17,18);12-13H,2-7H2,1H3,(H,15,16). The molecule has 7 aromatic carbocycles. The molecule has 30 nitrogen and oxygen atoms in total. The number of aliphatic hydroxyl groups excluding tert-OH is 10. The summed E-state index contributed by atoms with van der Waals surface area (Å²) < 4.78 is 25.4. The van der Waals surface area contributed by atoms with Crippen LogP contribution in [0.25, 0.3) is 32.3 Å². The highest BCUT2D eigenvalue weighted by Crippen LogP contribution is 2.31. The maximum absolute atomic E-state index is 12.6. The van der Waals surface area contributed by atoms with Gasteiger partial charge in [-0.3, -0.25) is 4.79 Å². The van der Waals surface area contributed by atoms with Gasteiger partial charge in [0.05, 0.1) is 144 Å². The van der Waals surface area contributed by atoms with Gasteiger partial charge in [-0.2, -0.15) is 0 Å². The monoisotopic (exact) mass is 1540 g/mol. The van der Waals surface area contributed by atoms with Gasteiger partial charge in [-0.15, -0.1) is 0 Å². The van der Waals surface area contributed by atoms with Gasteiger partial charge in [0, 0.05) is 5.57 Å². The summed E-state index contributed by atoms with van der Waals surface area (Å²) in [6.07, 6.45) is 1.69. The van der Waals surface area contributed by atoms with E-state index in [0.717, 1.165) is 21.5 Å². The molecular weight excluding hydrogens is 1440 g/mol. The first-order valence-electron chi connectivity index (χ1n) is 34.6. The Labute approximate surface area is 633 Å². The average molecular weight is 1540 g/mol. The molecule has 0 aliphatic carbocycles. The molecule has 598 valence electrons. The van der Waals surface area contributed by atoms with Gasteiger partial charge in [0.15, 0.2) is 0 Å². The SMILES string of the molecule is C=C(CC(=O)OCC(CC)(CO)CO)C(=O)O.CCC(CO)(CO)COC(=O)c1cc2cc3ccccc3cc2cc1C(=O)O.CCC(CO)(CO)COC(=O)c1cc2ccccc2cc1C(=O)O.CCC(CO)(CO)COC(=O)c1cccc(C)c1C(=O)O.CCC(CO)(CO)COC(=O)c1ccccc1C(=O)O. The largest absolute Gasteiger partial charge is 0.478 e. The summed E-state index contributed by atoms with van der Waals surface area (Å²) in [6.45, 7) is 9.39. The summed E-state index contributed by atoms with van der Waals surface area (Å²) in [5.41, 5.74) is -5.13. The van der Waals surface area contributed by atoms with Crippen molar-refractivity contribution in [3.05, 3.63) is 190 Å². The predicted octanol–water partition coefficient (Wildman–Crippen LogP) is 7.40. The molecule has 0 aromatic heterocycles. The summed E-state index contributed by atoms with van der Waals surface area (Å²) in [6, 6.07) is 34.7. The number of carboxylic acid groups (broad SMARTS) is 5. The van der Waals surface area contributed by atoms with E-state index in [4.69, 9.17) is 44.1 Å². The molecule has 15 N–H and O–H groups in total. The fraction of sp³-hybridized carbons (Fsp3) is 0.400. The van der Waals surface area contributed by atoms with Crippen LogP contribution in [0, 0.1) is 34.0 Å². The van der Waals surface area contributed by atoms with Crippen LogP contribution in [-0.4, -0.2) is 235 Å². The third kappa shape index (κ3) is 25.8. The van der Waals surface area contributed by atoms with E-state index in [2.05, 4.69) is 6.58 Å². The predicted molar refractivity (Wildman–Crippen MR) is 399 cm³/mol. The number of aromatic carboxylic acids is 4. The van der Waals surface area contributed by atoms with Crippen molar-refractivity contribution < 1.29 is 148 Å². The van der Waals surface area contributed by atoms with Gasteiger partial charge in [-0.25, -0.2) is 43.2 Å². The van der Waals surface area contributed by atoms with Crippen molar-refractivity contribution in [3.8, 4) is 0 Å². The second-order valence-electron chi connectivity index (χ2n) is 26.4. The summed E-state index contributed by atoms with van der Waals surface area (Å²) in [5, 5.41) is 144. The molecule has 0 unspecified atom stereocenters. The Balaban J connectivity index is 0.000000360. The number of benzene rings is 7. The number of hydrogen-bond acceptors (Lipinski definition) is 25. The van der Waals surface area contributed by atoms with Crippen molar-refractivity contribution in [2.75, 3.05) is 99.1 Å². The van der Waals surface area contributed by atoms with Gasteiger partial charge in [-0.05, 0) is 132 Å². The van der Waals surface area contributed by atoms with Crippen molar-refractivity contribution in [1.82, 2.24) is 0 Å². The molecule has 7 rings (SSSR count). The fourth-order valence-corrected chi connectivity index (χ4v) is 9.95. The highest BCUT2D eigenvalue weighted by molar-refractivity contribution is 6.10. The zero-order chi connectivity index (χ0) is 82.7. The number of carboxylic acids is 5. The first-order valence-corrected chi connectivity index (χ1v) is 34.6. The number of esters is 5. The molecule has 0 fully saturated rings. The number of ether oxygens (including phenoxy) is 5. The van der Waals surface area contributed by atoms with E-state index in [1.807, 2.05) is 36.4 Å². The first-order chi connectivity index (χ1) is 52.2. The number of carbonyl (C=O) groups is 10. The highest BCUT2D eigenvalue weighted by Gasteiger charge is 2.35. The van der Waals surface area contributed by atoms with Crippen LogP contribution >= 0.6 is 0 Å². The summed E-state index contributed by atoms with van der Waals surface area (Å²) in [7, 11) is 0. The zero-order valence-electron chi connectivity index (χ0n) is 62.0. The lowest BCUT2D eigenvalue weighted by molar-refractivity contribution is -0.150. The number of aryl methyl sites for hydroxylation is 1. The van der Waals surface area contributed by atoms with E-state index in [1.54, 1.807) is 77.9 Å². The fourth-order valence-electron chi connectivity index (χ4n) is 9.95. The smallest absolute Gasteiger partial charge is 0.339 e. The lowest BCUT2D eigenvalue weighted by Crippen LogP contribution is -2.35. The molecule has 0 aliphatic rings. The Hall–Kier alpha value is -10.6. The van der Waals surface area contributed by atoms with Crippen molar-refractivity contribution in [2.45, 2.75) is 80.1 Å². The normalized spacial score (nSPS) is 11.3. The summed E-state index contributed by atoms with van der Waals surface area (Å²) in [4.78, 5) is 116. The molecular formula is C80H98O30. The Morgan fingerprint density at radius 3 is 0.882 bits per heavy atom. The molecule has 0 saturated carbocycles. The Morgan fingerprint density at radius 1 is 0.309 bits per heavy atom. The maximum atomic E-state index is 12.6. The van der Waals surface area contributed by atoms with Crippen LogP contribution in [0.2, 0.25) is 0 Å². The van der Waals surface area contributed by atoms with Gasteiger partial charge in [0.25, 0.3) is 0 Å². The molecule has 0 saturated heterocycles. The second kappa shape index (κ2) is 44.7. The van der Waals surface area contributed by atoms with Crippen molar-refractivity contribution in [2.24, 2.45) is 27.1 Å². The van der Waals surface area contributed by atoms with Gasteiger partial charge in [0.1, 0.15) is 33.0 Å². The minimum absolute atomic E-state index is 0.0385. The van der Waals surface area contributed by atoms with Crippen molar-refractivity contribution in [3.63, 3.8) is 0 Å². The Morgan fingerprint density at radius 2 is 0.573 bits per heavy atom. The minimum atomic E-state index is -1.26.